The third-order valence-corrected chi connectivity index (χ3v) is 6.82. The van der Waals surface area contributed by atoms with Gasteiger partial charge in [-0.2, -0.15) is 0 Å². The largest absolute Gasteiger partial charge is 0.450 e. The first-order valence-corrected chi connectivity index (χ1v) is 11.9. The number of ether oxygens (including phenoxy) is 1. The van der Waals surface area contributed by atoms with Gasteiger partial charge in [0.2, 0.25) is 10.0 Å². The van der Waals surface area contributed by atoms with Crippen molar-refractivity contribution in [1.29, 1.82) is 0 Å². The molecule has 1 aromatic carbocycles. The number of carbonyl (C=O) groups excluding carboxylic acids is 1. The summed E-state index contributed by atoms with van der Waals surface area (Å²) in [5, 5.41) is 13.5. The fourth-order valence-electron chi connectivity index (χ4n) is 3.60. The van der Waals surface area contributed by atoms with Crippen LogP contribution < -0.4 is 10.0 Å². The van der Waals surface area contributed by atoms with Crippen molar-refractivity contribution >= 4 is 16.1 Å². The van der Waals surface area contributed by atoms with E-state index in [2.05, 4.69) is 10.0 Å². The Labute approximate surface area is 174 Å². The lowest BCUT2D eigenvalue weighted by atomic mass is 9.80. The van der Waals surface area contributed by atoms with E-state index in [0.717, 1.165) is 37.7 Å². The summed E-state index contributed by atoms with van der Waals surface area (Å²) in [6.07, 6.45) is 5.54. The Morgan fingerprint density at radius 3 is 2.48 bits per heavy atom. The van der Waals surface area contributed by atoms with E-state index in [1.54, 1.807) is 24.3 Å². The van der Waals surface area contributed by atoms with Crippen molar-refractivity contribution in [3.8, 4) is 0 Å². The molecule has 1 aliphatic rings. The van der Waals surface area contributed by atoms with Gasteiger partial charge in [0.15, 0.2) is 0 Å². The van der Waals surface area contributed by atoms with Gasteiger partial charge in [-0.3, -0.25) is 0 Å². The molecule has 164 valence electrons. The Morgan fingerprint density at radius 2 is 1.86 bits per heavy atom. The lowest BCUT2D eigenvalue weighted by Crippen LogP contribution is -2.49. The van der Waals surface area contributed by atoms with Crippen LogP contribution in [0.25, 0.3) is 0 Å². The summed E-state index contributed by atoms with van der Waals surface area (Å²) in [7, 11) is -3.78. The summed E-state index contributed by atoms with van der Waals surface area (Å²) in [5.41, 5.74) is 0.0421. The number of aryl methyl sites for hydroxylation is 1. The lowest BCUT2D eigenvalue weighted by Gasteiger charge is -2.35. The molecule has 2 rings (SSSR count). The monoisotopic (exact) mass is 426 g/mol. The Bertz CT molecular complexity index is 743. The van der Waals surface area contributed by atoms with E-state index >= 15 is 0 Å². The number of alkyl carbamates (subject to hydrolysis) is 1. The lowest BCUT2D eigenvalue weighted by molar-refractivity contribution is -0.0104. The van der Waals surface area contributed by atoms with Gasteiger partial charge in [0, 0.05) is 12.6 Å². The van der Waals surface area contributed by atoms with E-state index in [-0.39, 0.29) is 17.9 Å². The van der Waals surface area contributed by atoms with Crippen LogP contribution in [0.15, 0.2) is 29.2 Å². The fourth-order valence-corrected chi connectivity index (χ4v) is 4.84. The molecule has 1 aromatic rings. The topological polar surface area (TPSA) is 105 Å². The molecule has 7 nitrogen and oxygen atoms in total. The van der Waals surface area contributed by atoms with Crippen LogP contribution in [0.1, 0.15) is 63.9 Å². The molecule has 1 unspecified atom stereocenters. The summed E-state index contributed by atoms with van der Waals surface area (Å²) in [5.74, 6) is 0. The summed E-state index contributed by atoms with van der Waals surface area (Å²) < 4.78 is 33.4. The average Bonchev–Trinajstić information content (AvgIpc) is 2.67. The Kier molecular flexibility index (Phi) is 8.92. The number of aliphatic hydroxyl groups is 1. The van der Waals surface area contributed by atoms with Crippen LogP contribution in [0.4, 0.5) is 4.79 Å². The third kappa shape index (κ3) is 7.95. The minimum atomic E-state index is -3.78. The van der Waals surface area contributed by atoms with E-state index in [1.807, 2.05) is 13.8 Å². The van der Waals surface area contributed by atoms with E-state index in [0.29, 0.717) is 19.4 Å². The van der Waals surface area contributed by atoms with Gasteiger partial charge in [-0.1, -0.05) is 50.3 Å². The van der Waals surface area contributed by atoms with E-state index in [1.165, 1.54) is 0 Å². The number of amides is 1. The standard InChI is InChI=1S/C21H34N2O5S/c1-3-4-14-28-20(24)22-16-18(15-21(25)12-6-5-7-13-21)23-29(26,27)19-10-8-17(2)9-11-19/h8-11,18,23,25H,3-7,12-16H2,1-2H3,(H,22,24). The van der Waals surface area contributed by atoms with Crippen molar-refractivity contribution in [3.63, 3.8) is 0 Å². The molecule has 0 aliphatic heterocycles. The Hall–Kier alpha value is -1.64. The first-order valence-electron chi connectivity index (χ1n) is 10.5. The second-order valence-corrected chi connectivity index (χ2v) is 9.70. The molecule has 1 amide bonds. The SMILES string of the molecule is CCCCOC(=O)NCC(CC1(O)CCCCC1)NS(=O)(=O)c1ccc(C)cc1. The predicted molar refractivity (Wildman–Crippen MR) is 112 cm³/mol. The van der Waals surface area contributed by atoms with Gasteiger partial charge in [0.25, 0.3) is 0 Å². The molecule has 0 radical (unpaired) electrons. The van der Waals surface area contributed by atoms with Gasteiger partial charge >= 0.3 is 6.09 Å². The quantitative estimate of drug-likeness (QED) is 0.498. The Morgan fingerprint density at radius 1 is 1.21 bits per heavy atom. The maximum absolute atomic E-state index is 12.8. The van der Waals surface area contributed by atoms with Crippen LogP contribution in [0, 0.1) is 6.92 Å². The molecule has 8 heteroatoms. The van der Waals surface area contributed by atoms with Gasteiger partial charge in [-0.05, 0) is 44.7 Å². The third-order valence-electron chi connectivity index (χ3n) is 5.29. The van der Waals surface area contributed by atoms with Crippen LogP contribution in [0.2, 0.25) is 0 Å². The maximum atomic E-state index is 12.8. The molecule has 0 aromatic heterocycles. The maximum Gasteiger partial charge on any atom is 0.407 e. The number of benzene rings is 1. The predicted octanol–water partition coefficient (Wildman–Crippen LogP) is 3.25. The van der Waals surface area contributed by atoms with Crippen LogP contribution in [-0.2, 0) is 14.8 Å². The fraction of sp³-hybridized carbons (Fsp3) is 0.667. The van der Waals surface area contributed by atoms with Crippen molar-refractivity contribution < 1.29 is 23.1 Å². The Balaban J connectivity index is 2.06. The van der Waals surface area contributed by atoms with Crippen LogP contribution in [-0.4, -0.2) is 44.4 Å². The molecule has 0 heterocycles. The smallest absolute Gasteiger partial charge is 0.407 e. The first kappa shape index (κ1) is 23.6. The normalized spacial score (nSPS) is 17.5. The van der Waals surface area contributed by atoms with Gasteiger partial charge in [0.05, 0.1) is 17.1 Å². The van der Waals surface area contributed by atoms with Crippen LogP contribution in [0.3, 0.4) is 0 Å². The zero-order valence-corrected chi connectivity index (χ0v) is 18.3. The number of carbonyl (C=O) groups is 1. The second kappa shape index (κ2) is 10.9. The molecular formula is C21H34N2O5S. The number of rotatable bonds is 10. The summed E-state index contributed by atoms with van der Waals surface area (Å²) in [6.45, 7) is 4.27. The number of sulfonamides is 1. The highest BCUT2D eigenvalue weighted by atomic mass is 32.2. The second-order valence-electron chi connectivity index (χ2n) is 7.99. The summed E-state index contributed by atoms with van der Waals surface area (Å²) in [4.78, 5) is 12.1. The minimum Gasteiger partial charge on any atom is -0.450 e. The molecular weight excluding hydrogens is 392 g/mol. The van der Waals surface area contributed by atoms with Gasteiger partial charge in [-0.25, -0.2) is 17.9 Å². The van der Waals surface area contributed by atoms with Crippen molar-refractivity contribution in [2.45, 2.75) is 81.8 Å². The minimum absolute atomic E-state index is 0.0539. The molecule has 3 N–H and O–H groups in total. The highest BCUT2D eigenvalue weighted by Gasteiger charge is 2.34. The molecule has 29 heavy (non-hydrogen) atoms. The first-order chi connectivity index (χ1) is 13.7. The molecule has 0 spiro atoms. The zero-order chi connectivity index (χ0) is 21.3. The van der Waals surface area contributed by atoms with Gasteiger partial charge in [-0.15, -0.1) is 0 Å². The molecule has 1 aliphatic carbocycles. The number of unbranched alkanes of at least 4 members (excludes halogenated alkanes) is 1. The molecule has 1 atom stereocenters. The van der Waals surface area contributed by atoms with Crippen molar-refractivity contribution in [2.24, 2.45) is 0 Å². The summed E-state index contributed by atoms with van der Waals surface area (Å²) in [6, 6.07) is 5.94. The van der Waals surface area contributed by atoms with Gasteiger partial charge < -0.3 is 15.2 Å². The van der Waals surface area contributed by atoms with Crippen molar-refractivity contribution in [3.05, 3.63) is 29.8 Å². The zero-order valence-electron chi connectivity index (χ0n) is 17.4. The molecule has 1 saturated carbocycles. The van der Waals surface area contributed by atoms with Gasteiger partial charge in [0.1, 0.15) is 0 Å². The van der Waals surface area contributed by atoms with E-state index in [4.69, 9.17) is 4.74 Å². The van der Waals surface area contributed by atoms with Crippen molar-refractivity contribution in [2.75, 3.05) is 13.2 Å². The number of hydrogen-bond donors (Lipinski definition) is 3. The number of nitrogens with one attached hydrogen (secondary N) is 2. The van der Waals surface area contributed by atoms with Crippen molar-refractivity contribution in [1.82, 2.24) is 10.0 Å². The average molecular weight is 427 g/mol. The molecule has 0 saturated heterocycles. The highest BCUT2D eigenvalue weighted by Crippen LogP contribution is 2.32. The van der Waals surface area contributed by atoms with E-state index in [9.17, 15) is 18.3 Å². The van der Waals surface area contributed by atoms with Crippen LogP contribution >= 0.6 is 0 Å². The summed E-state index contributed by atoms with van der Waals surface area (Å²) >= 11 is 0. The van der Waals surface area contributed by atoms with Crippen LogP contribution in [0.5, 0.6) is 0 Å². The van der Waals surface area contributed by atoms with E-state index < -0.39 is 27.8 Å². The highest BCUT2D eigenvalue weighted by molar-refractivity contribution is 7.89. The number of hydrogen-bond acceptors (Lipinski definition) is 5. The molecule has 0 bridgehead atoms. The molecule has 1 fully saturated rings.